The summed E-state index contributed by atoms with van der Waals surface area (Å²) >= 11 is 0. The maximum absolute atomic E-state index is 12.3. The minimum atomic E-state index is -0.248. The monoisotopic (exact) mass is 291 g/mol. The van der Waals surface area contributed by atoms with Crippen LogP contribution in [-0.4, -0.2) is 61.4 Å². The number of hydrogen-bond donors (Lipinski definition) is 1. The Morgan fingerprint density at radius 1 is 1.42 bits per heavy atom. The number of nitrogens with one attached hydrogen (secondary N) is 1. The van der Waals surface area contributed by atoms with Gasteiger partial charge in [-0.1, -0.05) is 13.8 Å². The van der Waals surface area contributed by atoms with Crippen LogP contribution in [0.1, 0.15) is 26.7 Å². The summed E-state index contributed by atoms with van der Waals surface area (Å²) in [5.74, 6) is 0.116. The van der Waals surface area contributed by atoms with Crippen LogP contribution in [0.5, 0.6) is 0 Å². The molecular formula is C13H26ClN3O2. The smallest absolute Gasteiger partial charge is 0.245 e. The fraction of sp³-hybridized carbons (Fsp3) is 0.846. The molecule has 1 aliphatic rings. The van der Waals surface area contributed by atoms with E-state index in [1.54, 1.807) is 16.8 Å². The first-order valence-electron chi connectivity index (χ1n) is 6.69. The second-order valence-corrected chi connectivity index (χ2v) is 5.21. The zero-order valence-corrected chi connectivity index (χ0v) is 13.1. The van der Waals surface area contributed by atoms with Crippen molar-refractivity contribution in [1.29, 1.82) is 0 Å². The third-order valence-electron chi connectivity index (χ3n) is 3.39. The quantitative estimate of drug-likeness (QED) is 0.813. The van der Waals surface area contributed by atoms with Crippen molar-refractivity contribution in [3.8, 4) is 0 Å². The van der Waals surface area contributed by atoms with E-state index in [9.17, 15) is 9.59 Å². The van der Waals surface area contributed by atoms with Crippen molar-refractivity contribution in [2.75, 3.05) is 33.7 Å². The second kappa shape index (κ2) is 8.38. The lowest BCUT2D eigenvalue weighted by Gasteiger charge is -2.29. The standard InChI is InChI=1S/C13H25N3O2.ClH/c1-10(2)12(17)16-8-5-6-11(16)13(18)15(4)9-7-14-3;/h10-11,14H,5-9H2,1-4H3;1H. The number of nitrogens with zero attached hydrogens (tertiary/aromatic N) is 2. The molecule has 0 aromatic rings. The summed E-state index contributed by atoms with van der Waals surface area (Å²) in [5.41, 5.74) is 0. The van der Waals surface area contributed by atoms with Gasteiger partial charge in [0.15, 0.2) is 0 Å². The van der Waals surface area contributed by atoms with Gasteiger partial charge in [0.05, 0.1) is 0 Å². The van der Waals surface area contributed by atoms with Gasteiger partial charge >= 0.3 is 0 Å². The summed E-state index contributed by atoms with van der Waals surface area (Å²) in [6, 6.07) is -0.248. The minimum absolute atomic E-state index is 0. The number of amides is 2. The molecule has 0 spiro atoms. The molecular weight excluding hydrogens is 266 g/mol. The Labute approximate surface area is 122 Å². The first-order valence-corrected chi connectivity index (χ1v) is 6.69. The highest BCUT2D eigenvalue weighted by molar-refractivity contribution is 5.88. The van der Waals surface area contributed by atoms with E-state index in [4.69, 9.17) is 0 Å². The molecule has 1 atom stereocenters. The van der Waals surface area contributed by atoms with Gasteiger partial charge in [-0.2, -0.15) is 0 Å². The van der Waals surface area contributed by atoms with Gasteiger partial charge in [-0.05, 0) is 19.9 Å². The first-order chi connectivity index (χ1) is 8.49. The van der Waals surface area contributed by atoms with Gasteiger partial charge in [0.1, 0.15) is 6.04 Å². The summed E-state index contributed by atoms with van der Waals surface area (Å²) in [6.45, 7) is 5.93. The molecule has 0 radical (unpaired) electrons. The Bertz CT molecular complexity index is 310. The molecule has 6 heteroatoms. The SMILES string of the molecule is CNCCN(C)C(=O)C1CCCN1C(=O)C(C)C.Cl. The molecule has 19 heavy (non-hydrogen) atoms. The normalized spacial score (nSPS) is 18.4. The van der Waals surface area contributed by atoms with Crippen LogP contribution in [0, 0.1) is 5.92 Å². The number of hydrogen-bond acceptors (Lipinski definition) is 3. The first kappa shape index (κ1) is 18.2. The van der Waals surface area contributed by atoms with Crippen molar-refractivity contribution in [2.45, 2.75) is 32.7 Å². The Kier molecular flexibility index (Phi) is 8.02. The van der Waals surface area contributed by atoms with Crippen LogP contribution >= 0.6 is 12.4 Å². The lowest BCUT2D eigenvalue weighted by Crippen LogP contribution is -2.48. The average molecular weight is 292 g/mol. The highest BCUT2D eigenvalue weighted by atomic mass is 35.5. The largest absolute Gasteiger partial charge is 0.343 e. The summed E-state index contributed by atoms with van der Waals surface area (Å²) in [5, 5.41) is 3.02. The van der Waals surface area contributed by atoms with Crippen molar-refractivity contribution < 1.29 is 9.59 Å². The number of halogens is 1. The molecule has 0 aromatic heterocycles. The molecule has 1 N–H and O–H groups in total. The molecule has 112 valence electrons. The van der Waals surface area contributed by atoms with E-state index in [-0.39, 0.29) is 36.2 Å². The summed E-state index contributed by atoms with van der Waals surface area (Å²) in [6.07, 6.45) is 1.72. The maximum atomic E-state index is 12.3. The van der Waals surface area contributed by atoms with Gasteiger partial charge in [0.25, 0.3) is 0 Å². The van der Waals surface area contributed by atoms with Gasteiger partial charge in [0.2, 0.25) is 11.8 Å². The maximum Gasteiger partial charge on any atom is 0.245 e. The van der Waals surface area contributed by atoms with Crippen LogP contribution in [0.4, 0.5) is 0 Å². The topological polar surface area (TPSA) is 52.7 Å². The average Bonchev–Trinajstić information content (AvgIpc) is 2.82. The van der Waals surface area contributed by atoms with Crippen molar-refractivity contribution in [1.82, 2.24) is 15.1 Å². The predicted octanol–water partition coefficient (Wildman–Crippen LogP) is 0.733. The second-order valence-electron chi connectivity index (χ2n) is 5.21. The van der Waals surface area contributed by atoms with Crippen LogP contribution in [-0.2, 0) is 9.59 Å². The van der Waals surface area contributed by atoms with Crippen molar-refractivity contribution in [3.63, 3.8) is 0 Å². The molecule has 0 saturated carbocycles. The molecule has 1 unspecified atom stereocenters. The van der Waals surface area contributed by atoms with E-state index in [0.717, 1.165) is 19.4 Å². The number of carbonyl (C=O) groups excluding carboxylic acids is 2. The fourth-order valence-corrected chi connectivity index (χ4v) is 2.26. The number of rotatable bonds is 5. The number of carbonyl (C=O) groups is 2. The minimum Gasteiger partial charge on any atom is -0.343 e. The molecule has 0 aromatic carbocycles. The zero-order chi connectivity index (χ0) is 13.7. The van der Waals surface area contributed by atoms with E-state index in [1.807, 2.05) is 20.9 Å². The van der Waals surface area contributed by atoms with Crippen molar-refractivity contribution >= 4 is 24.2 Å². The third-order valence-corrected chi connectivity index (χ3v) is 3.39. The van der Waals surface area contributed by atoms with E-state index >= 15 is 0 Å². The fourth-order valence-electron chi connectivity index (χ4n) is 2.26. The van der Waals surface area contributed by atoms with E-state index < -0.39 is 0 Å². The predicted molar refractivity (Wildman–Crippen MR) is 78.4 cm³/mol. The van der Waals surface area contributed by atoms with Gasteiger partial charge in [-0.25, -0.2) is 0 Å². The zero-order valence-electron chi connectivity index (χ0n) is 12.3. The number of likely N-dealkylation sites (N-methyl/N-ethyl adjacent to an activating group) is 2. The molecule has 1 aliphatic heterocycles. The molecule has 0 bridgehead atoms. The Morgan fingerprint density at radius 2 is 2.05 bits per heavy atom. The lowest BCUT2D eigenvalue weighted by atomic mass is 10.1. The molecule has 1 heterocycles. The summed E-state index contributed by atoms with van der Waals surface area (Å²) in [4.78, 5) is 27.8. The van der Waals surface area contributed by atoms with E-state index in [1.165, 1.54) is 0 Å². The van der Waals surface area contributed by atoms with Gasteiger partial charge < -0.3 is 15.1 Å². The molecule has 1 fully saturated rings. The molecule has 1 rings (SSSR count). The lowest BCUT2D eigenvalue weighted by molar-refractivity contribution is -0.144. The summed E-state index contributed by atoms with van der Waals surface area (Å²) in [7, 11) is 3.67. The van der Waals surface area contributed by atoms with E-state index in [2.05, 4.69) is 5.32 Å². The van der Waals surface area contributed by atoms with Crippen molar-refractivity contribution in [3.05, 3.63) is 0 Å². The Hall–Kier alpha value is -0.810. The molecule has 2 amide bonds. The van der Waals surface area contributed by atoms with Crippen LogP contribution < -0.4 is 5.32 Å². The van der Waals surface area contributed by atoms with E-state index in [0.29, 0.717) is 13.1 Å². The van der Waals surface area contributed by atoms with Crippen LogP contribution in [0.15, 0.2) is 0 Å². The van der Waals surface area contributed by atoms with Crippen LogP contribution in [0.3, 0.4) is 0 Å². The molecule has 1 saturated heterocycles. The van der Waals surface area contributed by atoms with Crippen LogP contribution in [0.2, 0.25) is 0 Å². The van der Waals surface area contributed by atoms with Crippen molar-refractivity contribution in [2.24, 2.45) is 5.92 Å². The highest BCUT2D eigenvalue weighted by Gasteiger charge is 2.36. The molecule has 0 aliphatic carbocycles. The van der Waals surface area contributed by atoms with Gasteiger partial charge in [-0.15, -0.1) is 12.4 Å². The van der Waals surface area contributed by atoms with Gasteiger partial charge in [0, 0.05) is 32.6 Å². The highest BCUT2D eigenvalue weighted by Crippen LogP contribution is 2.21. The Morgan fingerprint density at radius 3 is 2.58 bits per heavy atom. The molecule has 5 nitrogen and oxygen atoms in total. The summed E-state index contributed by atoms with van der Waals surface area (Å²) < 4.78 is 0. The number of likely N-dealkylation sites (tertiary alicyclic amines) is 1. The third kappa shape index (κ3) is 4.66. The van der Waals surface area contributed by atoms with Crippen LogP contribution in [0.25, 0.3) is 0 Å². The van der Waals surface area contributed by atoms with Gasteiger partial charge in [-0.3, -0.25) is 9.59 Å². The Balaban J connectivity index is 0.00000324.